The molecule has 0 bridgehead atoms. The van der Waals surface area contributed by atoms with E-state index in [2.05, 4.69) is 12.1 Å². The zero-order valence-corrected chi connectivity index (χ0v) is 10.2. The molecule has 2 aromatic rings. The minimum absolute atomic E-state index is 0.0383. The number of hydrogen-bond donors (Lipinski definition) is 1. The van der Waals surface area contributed by atoms with Gasteiger partial charge in [0, 0.05) is 18.2 Å². The van der Waals surface area contributed by atoms with Crippen LogP contribution in [0.1, 0.15) is 12.5 Å². The van der Waals surface area contributed by atoms with Crippen molar-refractivity contribution in [1.82, 2.24) is 0 Å². The Morgan fingerprint density at radius 2 is 1.94 bits per heavy atom. The van der Waals surface area contributed by atoms with Gasteiger partial charge in [-0.05, 0) is 23.3 Å². The fourth-order valence-corrected chi connectivity index (χ4v) is 2.46. The van der Waals surface area contributed by atoms with Gasteiger partial charge in [0.1, 0.15) is 0 Å². The highest BCUT2D eigenvalue weighted by molar-refractivity contribution is 5.99. The number of carbonyl (C=O) groups excluding carboxylic acids is 1. The molecule has 0 saturated carbocycles. The predicted octanol–water partition coefficient (Wildman–Crippen LogP) is 2.80. The van der Waals surface area contributed by atoms with E-state index in [4.69, 9.17) is 5.73 Å². The highest BCUT2D eigenvalue weighted by Gasteiger charge is 2.24. The lowest BCUT2D eigenvalue weighted by molar-refractivity contribution is -0.116. The second-order valence-corrected chi connectivity index (χ2v) is 4.54. The van der Waals surface area contributed by atoms with Crippen molar-refractivity contribution in [3.63, 3.8) is 0 Å². The highest BCUT2D eigenvalue weighted by Crippen LogP contribution is 2.39. The molecule has 3 nitrogen and oxygen atoms in total. The number of nitrogens with zero attached hydrogens (tertiary/aromatic N) is 1. The number of rotatable bonds is 0. The van der Waals surface area contributed by atoms with Gasteiger partial charge in [0.05, 0.1) is 12.2 Å². The molecule has 0 fully saturated rings. The van der Waals surface area contributed by atoms with E-state index in [1.165, 1.54) is 11.1 Å². The Bertz CT molecular complexity index is 634. The zero-order chi connectivity index (χ0) is 12.7. The maximum atomic E-state index is 11.8. The third-order valence-electron chi connectivity index (χ3n) is 3.33. The number of nitrogens with two attached hydrogens (primary N) is 1. The number of amides is 1. The second-order valence-electron chi connectivity index (χ2n) is 4.54. The van der Waals surface area contributed by atoms with Crippen molar-refractivity contribution < 1.29 is 4.79 Å². The fraction of sp³-hybridized carbons (Fsp3) is 0.133. The van der Waals surface area contributed by atoms with Crippen molar-refractivity contribution in [2.75, 3.05) is 10.6 Å². The van der Waals surface area contributed by atoms with E-state index in [9.17, 15) is 4.79 Å². The summed E-state index contributed by atoms with van der Waals surface area (Å²) in [4.78, 5) is 13.5. The largest absolute Gasteiger partial charge is 0.399 e. The number of carbonyl (C=O) groups is 1. The lowest BCUT2D eigenvalue weighted by Gasteiger charge is -2.30. The van der Waals surface area contributed by atoms with Gasteiger partial charge < -0.3 is 10.6 Å². The maximum Gasteiger partial charge on any atom is 0.224 e. The first-order chi connectivity index (χ1) is 8.66. The van der Waals surface area contributed by atoms with Crippen LogP contribution in [0.2, 0.25) is 0 Å². The minimum Gasteiger partial charge on any atom is -0.399 e. The van der Waals surface area contributed by atoms with Crippen LogP contribution in [0.4, 0.5) is 11.4 Å². The summed E-state index contributed by atoms with van der Waals surface area (Å²) in [6, 6.07) is 13.9. The van der Waals surface area contributed by atoms with Crippen LogP contribution in [0.15, 0.2) is 42.5 Å². The molecule has 0 spiro atoms. The van der Waals surface area contributed by atoms with E-state index in [0.717, 1.165) is 11.3 Å². The molecule has 0 saturated heterocycles. The standard InChI is InChI=1S/C15H14N2O/c1-10(18)17-9-11-4-2-3-5-13(11)14-7-6-12(16)8-15(14)17/h2-8H,9,16H2,1H3. The molecule has 18 heavy (non-hydrogen) atoms. The molecule has 0 aromatic heterocycles. The Morgan fingerprint density at radius 3 is 2.72 bits per heavy atom. The molecule has 0 atom stereocenters. The van der Waals surface area contributed by atoms with Gasteiger partial charge in [-0.1, -0.05) is 30.3 Å². The van der Waals surface area contributed by atoms with E-state index < -0.39 is 0 Å². The SMILES string of the molecule is CC(=O)N1Cc2ccccc2-c2ccc(N)cc21. The van der Waals surface area contributed by atoms with Crippen molar-refractivity contribution in [2.45, 2.75) is 13.5 Å². The summed E-state index contributed by atoms with van der Waals surface area (Å²) in [7, 11) is 0. The van der Waals surface area contributed by atoms with Gasteiger partial charge in [-0.2, -0.15) is 0 Å². The molecule has 1 amide bonds. The van der Waals surface area contributed by atoms with Crippen LogP contribution in [-0.2, 0) is 11.3 Å². The topological polar surface area (TPSA) is 46.3 Å². The van der Waals surface area contributed by atoms with E-state index >= 15 is 0 Å². The number of anilines is 2. The molecule has 0 unspecified atom stereocenters. The first-order valence-corrected chi connectivity index (χ1v) is 5.93. The van der Waals surface area contributed by atoms with Crippen molar-refractivity contribution in [1.29, 1.82) is 0 Å². The summed E-state index contributed by atoms with van der Waals surface area (Å²) in [5.41, 5.74) is 10.8. The molecular weight excluding hydrogens is 224 g/mol. The van der Waals surface area contributed by atoms with E-state index in [1.807, 2.05) is 30.3 Å². The highest BCUT2D eigenvalue weighted by atomic mass is 16.2. The van der Waals surface area contributed by atoms with E-state index in [1.54, 1.807) is 11.8 Å². The lowest BCUT2D eigenvalue weighted by Crippen LogP contribution is -2.31. The van der Waals surface area contributed by atoms with Crippen LogP contribution >= 0.6 is 0 Å². The van der Waals surface area contributed by atoms with Gasteiger partial charge in [0.2, 0.25) is 5.91 Å². The van der Waals surface area contributed by atoms with Gasteiger partial charge in [-0.15, -0.1) is 0 Å². The molecule has 1 aliphatic heterocycles. The summed E-state index contributed by atoms with van der Waals surface area (Å²) in [5, 5.41) is 0. The molecule has 3 rings (SSSR count). The van der Waals surface area contributed by atoms with Crippen LogP contribution in [0.5, 0.6) is 0 Å². The third kappa shape index (κ3) is 1.56. The molecule has 0 radical (unpaired) electrons. The summed E-state index contributed by atoms with van der Waals surface area (Å²) in [6.07, 6.45) is 0. The molecule has 1 aliphatic rings. The fourth-order valence-electron chi connectivity index (χ4n) is 2.46. The molecule has 2 aromatic carbocycles. The van der Waals surface area contributed by atoms with Gasteiger partial charge in [-0.3, -0.25) is 4.79 Å². The molecule has 2 N–H and O–H groups in total. The van der Waals surface area contributed by atoms with Gasteiger partial charge in [0.15, 0.2) is 0 Å². The number of benzene rings is 2. The third-order valence-corrected chi connectivity index (χ3v) is 3.33. The first kappa shape index (κ1) is 10.8. The summed E-state index contributed by atoms with van der Waals surface area (Å²) >= 11 is 0. The lowest BCUT2D eigenvalue weighted by atomic mass is 9.93. The van der Waals surface area contributed by atoms with Crippen LogP contribution in [-0.4, -0.2) is 5.91 Å². The summed E-state index contributed by atoms with van der Waals surface area (Å²) in [6.45, 7) is 2.20. The average Bonchev–Trinajstić information content (AvgIpc) is 2.37. The Balaban J connectivity index is 2.27. The molecule has 3 heteroatoms. The summed E-state index contributed by atoms with van der Waals surface area (Å²) in [5.74, 6) is 0.0383. The van der Waals surface area contributed by atoms with Crippen molar-refractivity contribution in [3.8, 4) is 11.1 Å². The zero-order valence-electron chi connectivity index (χ0n) is 10.2. The Kier molecular flexibility index (Phi) is 2.33. The second kappa shape index (κ2) is 3.88. The Labute approximate surface area is 106 Å². The molecular formula is C15H14N2O. The van der Waals surface area contributed by atoms with Gasteiger partial charge >= 0.3 is 0 Å². The molecule has 0 aliphatic carbocycles. The number of hydrogen-bond acceptors (Lipinski definition) is 2. The monoisotopic (exact) mass is 238 g/mol. The van der Waals surface area contributed by atoms with Crippen LogP contribution in [0.3, 0.4) is 0 Å². The average molecular weight is 238 g/mol. The minimum atomic E-state index is 0.0383. The van der Waals surface area contributed by atoms with Gasteiger partial charge in [-0.25, -0.2) is 0 Å². The quantitative estimate of drug-likeness (QED) is 0.717. The van der Waals surface area contributed by atoms with Crippen molar-refractivity contribution in [2.24, 2.45) is 0 Å². The van der Waals surface area contributed by atoms with Crippen LogP contribution < -0.4 is 10.6 Å². The van der Waals surface area contributed by atoms with Crippen LogP contribution in [0.25, 0.3) is 11.1 Å². The normalized spacial score (nSPS) is 12.8. The van der Waals surface area contributed by atoms with Gasteiger partial charge in [0.25, 0.3) is 0 Å². The van der Waals surface area contributed by atoms with E-state index in [-0.39, 0.29) is 5.91 Å². The predicted molar refractivity (Wildman–Crippen MR) is 73.2 cm³/mol. The maximum absolute atomic E-state index is 11.8. The smallest absolute Gasteiger partial charge is 0.224 e. The molecule has 1 heterocycles. The van der Waals surface area contributed by atoms with Crippen LogP contribution in [0, 0.1) is 0 Å². The first-order valence-electron chi connectivity index (χ1n) is 5.93. The molecule has 90 valence electrons. The number of fused-ring (bicyclic) bond motifs is 3. The Morgan fingerprint density at radius 1 is 1.17 bits per heavy atom. The Hall–Kier alpha value is -2.29. The van der Waals surface area contributed by atoms with Crippen molar-refractivity contribution >= 4 is 17.3 Å². The summed E-state index contributed by atoms with van der Waals surface area (Å²) < 4.78 is 0. The van der Waals surface area contributed by atoms with Crippen molar-refractivity contribution in [3.05, 3.63) is 48.0 Å². The number of nitrogen functional groups attached to an aromatic ring is 1. The van der Waals surface area contributed by atoms with E-state index in [0.29, 0.717) is 12.2 Å².